The van der Waals surface area contributed by atoms with Crippen LogP contribution >= 0.6 is 0 Å². The Kier molecular flexibility index (Phi) is 7.42. The van der Waals surface area contributed by atoms with E-state index < -0.39 is 57.8 Å². The second-order valence-corrected chi connectivity index (χ2v) is 13.3. The molecule has 2 saturated heterocycles. The number of carbonyl (C=O) groups is 4. The van der Waals surface area contributed by atoms with Crippen molar-refractivity contribution in [2.75, 3.05) is 16.2 Å². The average molecular weight is 688 g/mol. The third-order valence-corrected chi connectivity index (χ3v) is 9.87. The van der Waals surface area contributed by atoms with Crippen LogP contribution in [-0.2, 0) is 42.9 Å². The number of imidazole rings is 1. The SMILES string of the molecule is Cn1c(=O)n(C2CCC(=O)NC2=O)c2ccc(-c3ccc(CC(=O)Nc4ccc5c(F)c(N6CC(=O)NS6(=O)=O)c(O)cc5c4)nc3)cc21. The van der Waals surface area contributed by atoms with Gasteiger partial charge in [-0.1, -0.05) is 12.1 Å². The quantitative estimate of drug-likeness (QED) is 0.192. The molecule has 2 fully saturated rings. The van der Waals surface area contributed by atoms with Gasteiger partial charge in [-0.2, -0.15) is 8.42 Å². The van der Waals surface area contributed by atoms with E-state index in [-0.39, 0.29) is 47.3 Å². The van der Waals surface area contributed by atoms with E-state index in [0.29, 0.717) is 26.6 Å². The minimum atomic E-state index is -4.36. The molecule has 17 heteroatoms. The Balaban J connectivity index is 1.06. The molecule has 2 aliphatic heterocycles. The number of rotatable bonds is 6. The van der Waals surface area contributed by atoms with Gasteiger partial charge in [0, 0.05) is 42.0 Å². The third kappa shape index (κ3) is 5.52. The van der Waals surface area contributed by atoms with Gasteiger partial charge in [-0.3, -0.25) is 38.6 Å². The third-order valence-electron chi connectivity index (χ3n) is 8.49. The normalized spacial score (nSPS) is 17.4. The number of aromatic hydroxyl groups is 1. The fourth-order valence-corrected chi connectivity index (χ4v) is 7.30. The van der Waals surface area contributed by atoms with Gasteiger partial charge in [0.25, 0.3) is 5.91 Å². The molecule has 4 amide bonds. The minimum Gasteiger partial charge on any atom is -0.506 e. The molecule has 2 aromatic heterocycles. The number of benzene rings is 3. The zero-order valence-electron chi connectivity index (χ0n) is 25.6. The standard InChI is InChI=1S/C32H26FN7O8S/c1-38-24-11-16(3-7-22(24)40(32(38)46)23-8-9-26(42)36-31(23)45)17-2-4-19(34-14-17)13-27(43)35-20-5-6-21-18(10-20)12-25(41)30(29(21)33)39-15-28(44)37-49(39,47)48/h2-7,10-12,14,23,41H,8-9,13,15H2,1H3,(H,35,43)(H,37,44)(H,36,42,45). The molecule has 7 rings (SSSR count). The second-order valence-electron chi connectivity index (χ2n) is 11.7. The number of pyridine rings is 1. The number of nitrogens with zero attached hydrogens (tertiary/aromatic N) is 4. The number of piperidine rings is 1. The summed E-state index contributed by atoms with van der Waals surface area (Å²) in [6, 6.07) is 13.3. The molecule has 5 aromatic rings. The molecule has 0 bridgehead atoms. The predicted molar refractivity (Wildman–Crippen MR) is 174 cm³/mol. The van der Waals surface area contributed by atoms with Crippen LogP contribution in [0.25, 0.3) is 32.9 Å². The Bertz CT molecular complexity index is 2440. The summed E-state index contributed by atoms with van der Waals surface area (Å²) in [5, 5.41) is 15.6. The van der Waals surface area contributed by atoms with Gasteiger partial charge in [0.1, 0.15) is 24.0 Å². The van der Waals surface area contributed by atoms with E-state index in [4.69, 9.17) is 0 Å². The molecule has 4 N–H and O–H groups in total. The molecule has 0 aliphatic carbocycles. The molecular weight excluding hydrogens is 661 g/mol. The first-order valence-corrected chi connectivity index (χ1v) is 16.3. The summed E-state index contributed by atoms with van der Waals surface area (Å²) in [6.07, 6.45) is 1.84. The fourth-order valence-electron chi connectivity index (χ4n) is 6.14. The maximum Gasteiger partial charge on any atom is 0.329 e. The molecule has 1 atom stereocenters. The number of hydrogen-bond donors (Lipinski definition) is 4. The van der Waals surface area contributed by atoms with Crippen LogP contribution in [0.15, 0.2) is 65.6 Å². The Labute approximate surface area is 276 Å². The zero-order chi connectivity index (χ0) is 34.8. The number of aryl methyl sites for hydroxylation is 1. The Morgan fingerprint density at radius 1 is 1.02 bits per heavy atom. The molecular formula is C32H26FN7O8S. The maximum absolute atomic E-state index is 15.4. The maximum atomic E-state index is 15.4. The van der Waals surface area contributed by atoms with Gasteiger partial charge in [0.05, 0.1) is 17.5 Å². The van der Waals surface area contributed by atoms with Gasteiger partial charge < -0.3 is 10.4 Å². The van der Waals surface area contributed by atoms with Crippen LogP contribution in [0, 0.1) is 5.82 Å². The number of aromatic nitrogens is 3. The number of halogens is 1. The van der Waals surface area contributed by atoms with Crippen molar-refractivity contribution in [3.8, 4) is 16.9 Å². The van der Waals surface area contributed by atoms with Crippen LogP contribution in [-0.4, -0.2) is 57.8 Å². The van der Waals surface area contributed by atoms with Gasteiger partial charge in [-0.15, -0.1) is 0 Å². The van der Waals surface area contributed by atoms with Crippen molar-refractivity contribution < 1.29 is 37.1 Å². The van der Waals surface area contributed by atoms with Crippen molar-refractivity contribution in [3.05, 3.63) is 82.8 Å². The summed E-state index contributed by atoms with van der Waals surface area (Å²) >= 11 is 0. The lowest BCUT2D eigenvalue weighted by Gasteiger charge is -2.21. The van der Waals surface area contributed by atoms with Crippen LogP contribution in [0.1, 0.15) is 24.6 Å². The number of carbonyl (C=O) groups excluding carboxylic acids is 4. The summed E-state index contributed by atoms with van der Waals surface area (Å²) in [7, 11) is -2.75. The second kappa shape index (κ2) is 11.6. The summed E-state index contributed by atoms with van der Waals surface area (Å²) in [5.41, 5.74) is 2.28. The largest absolute Gasteiger partial charge is 0.506 e. The van der Waals surface area contributed by atoms with Gasteiger partial charge in [0.2, 0.25) is 17.7 Å². The van der Waals surface area contributed by atoms with Crippen molar-refractivity contribution in [1.82, 2.24) is 24.2 Å². The number of nitrogens with one attached hydrogen (secondary N) is 3. The molecule has 15 nitrogen and oxygen atoms in total. The van der Waals surface area contributed by atoms with Crippen molar-refractivity contribution >= 4 is 67.0 Å². The predicted octanol–water partition coefficient (Wildman–Crippen LogP) is 1.74. The van der Waals surface area contributed by atoms with Gasteiger partial charge in [-0.05, 0) is 59.8 Å². The number of fused-ring (bicyclic) bond motifs is 2. The Morgan fingerprint density at radius 3 is 2.49 bits per heavy atom. The van der Waals surface area contributed by atoms with Crippen LogP contribution in [0.5, 0.6) is 5.75 Å². The van der Waals surface area contributed by atoms with E-state index in [2.05, 4.69) is 15.6 Å². The van der Waals surface area contributed by atoms with Crippen molar-refractivity contribution in [2.45, 2.75) is 25.3 Å². The summed E-state index contributed by atoms with van der Waals surface area (Å²) in [6.45, 7) is -0.682. The van der Waals surface area contributed by atoms with E-state index in [1.54, 1.807) is 48.3 Å². The number of phenols is 1. The van der Waals surface area contributed by atoms with Crippen LogP contribution < -0.4 is 25.4 Å². The van der Waals surface area contributed by atoms with Gasteiger partial charge >= 0.3 is 15.9 Å². The van der Waals surface area contributed by atoms with Gasteiger partial charge in [-0.25, -0.2) is 18.2 Å². The number of phenolic OH excluding ortho intramolecular Hbond substituents is 1. The Morgan fingerprint density at radius 2 is 1.80 bits per heavy atom. The van der Waals surface area contributed by atoms with E-state index in [1.807, 2.05) is 0 Å². The smallest absolute Gasteiger partial charge is 0.329 e. The lowest BCUT2D eigenvalue weighted by Crippen LogP contribution is -2.44. The van der Waals surface area contributed by atoms with Crippen molar-refractivity contribution in [2.24, 2.45) is 7.05 Å². The highest BCUT2D eigenvalue weighted by atomic mass is 32.2. The summed E-state index contributed by atoms with van der Waals surface area (Å²) in [4.78, 5) is 66.0. The highest BCUT2D eigenvalue weighted by Gasteiger charge is 2.38. The molecule has 0 radical (unpaired) electrons. The van der Waals surface area contributed by atoms with E-state index in [1.165, 1.54) is 27.3 Å². The van der Waals surface area contributed by atoms with Crippen molar-refractivity contribution in [1.29, 1.82) is 0 Å². The summed E-state index contributed by atoms with van der Waals surface area (Å²) in [5.74, 6) is -3.94. The highest BCUT2D eigenvalue weighted by molar-refractivity contribution is 7.92. The van der Waals surface area contributed by atoms with Crippen LogP contribution in [0.4, 0.5) is 15.8 Å². The lowest BCUT2D eigenvalue weighted by atomic mass is 10.0. The monoisotopic (exact) mass is 687 g/mol. The van der Waals surface area contributed by atoms with E-state index in [9.17, 15) is 37.5 Å². The number of imide groups is 1. The number of amides is 4. The summed E-state index contributed by atoms with van der Waals surface area (Å²) < 4.78 is 44.8. The molecule has 4 heterocycles. The first-order chi connectivity index (χ1) is 23.3. The molecule has 0 saturated carbocycles. The van der Waals surface area contributed by atoms with E-state index >= 15 is 4.39 Å². The number of hydrogen-bond acceptors (Lipinski definition) is 9. The first kappa shape index (κ1) is 31.5. The first-order valence-electron chi connectivity index (χ1n) is 14.9. The molecule has 250 valence electrons. The van der Waals surface area contributed by atoms with E-state index in [0.717, 1.165) is 11.6 Å². The van der Waals surface area contributed by atoms with Gasteiger partial charge in [0.15, 0.2) is 5.82 Å². The molecule has 2 aliphatic rings. The van der Waals surface area contributed by atoms with Crippen molar-refractivity contribution in [3.63, 3.8) is 0 Å². The molecule has 49 heavy (non-hydrogen) atoms. The van der Waals surface area contributed by atoms with Crippen LogP contribution in [0.2, 0.25) is 0 Å². The molecule has 0 spiro atoms. The zero-order valence-corrected chi connectivity index (χ0v) is 26.4. The lowest BCUT2D eigenvalue weighted by molar-refractivity contribution is -0.135. The van der Waals surface area contributed by atoms with Crippen LogP contribution in [0.3, 0.4) is 0 Å². The molecule has 1 unspecified atom stereocenters. The minimum absolute atomic E-state index is 0.0385. The highest BCUT2D eigenvalue weighted by Crippen LogP contribution is 2.39. The fraction of sp³-hybridized carbons (Fsp3) is 0.188. The Hall–Kier alpha value is -6.10. The molecule has 3 aromatic carbocycles. The topological polar surface area (TPSA) is 202 Å². The number of anilines is 2. The average Bonchev–Trinajstić information content (AvgIpc) is 3.46.